The molecule has 2 heterocycles. The van der Waals surface area contributed by atoms with Crippen LogP contribution in [0.3, 0.4) is 0 Å². The minimum Gasteiger partial charge on any atom is -0.343 e. The lowest BCUT2D eigenvalue weighted by Gasteiger charge is -2.31. The van der Waals surface area contributed by atoms with Crippen molar-refractivity contribution in [2.75, 3.05) is 20.1 Å². The van der Waals surface area contributed by atoms with Crippen LogP contribution in [-0.2, 0) is 22.7 Å². The zero-order valence-corrected chi connectivity index (χ0v) is 20.6. The van der Waals surface area contributed by atoms with Crippen molar-refractivity contribution in [1.29, 1.82) is 0 Å². The average molecular weight is 501 g/mol. The first kappa shape index (κ1) is 24.2. The Morgan fingerprint density at radius 1 is 1.09 bits per heavy atom. The maximum Gasteiger partial charge on any atom is 0.261 e. The van der Waals surface area contributed by atoms with Crippen molar-refractivity contribution in [3.05, 3.63) is 74.3 Å². The predicted molar refractivity (Wildman–Crippen MR) is 133 cm³/mol. The quantitative estimate of drug-likeness (QED) is 0.528. The second-order valence-corrected chi connectivity index (χ2v) is 9.55. The summed E-state index contributed by atoms with van der Waals surface area (Å²) in [7, 11) is 1.68. The Bertz CT molecular complexity index is 1300. The van der Waals surface area contributed by atoms with E-state index in [1.165, 1.54) is 15.8 Å². The fraction of sp³-hybridized carbons (Fsp3) is 0.360. The van der Waals surface area contributed by atoms with Crippen LogP contribution in [0.5, 0.6) is 0 Å². The van der Waals surface area contributed by atoms with E-state index in [0.717, 1.165) is 37.1 Å². The van der Waals surface area contributed by atoms with E-state index >= 15 is 0 Å². The summed E-state index contributed by atoms with van der Waals surface area (Å²) < 4.78 is 1.35. The highest BCUT2D eigenvalue weighted by Gasteiger charge is 2.22. The number of hydrogen-bond acceptors (Lipinski definition) is 4. The van der Waals surface area contributed by atoms with Crippen LogP contribution in [-0.4, -0.2) is 51.3 Å². The number of fused-ring (bicyclic) bond motifs is 1. The lowest BCUT2D eigenvalue weighted by atomic mass is 9.89. The first-order valence-corrected chi connectivity index (χ1v) is 11.9. The first-order valence-electron chi connectivity index (χ1n) is 11.2. The maximum atomic E-state index is 13.2. The second-order valence-electron chi connectivity index (χ2n) is 8.73. The largest absolute Gasteiger partial charge is 0.343 e. The molecule has 2 amide bonds. The molecule has 1 saturated heterocycles. The Labute approximate surface area is 207 Å². The minimum absolute atomic E-state index is 0.0952. The third-order valence-corrected chi connectivity index (χ3v) is 7.13. The molecule has 0 radical (unpaired) electrons. The number of hydrogen-bond donors (Lipinski definition) is 0. The summed E-state index contributed by atoms with van der Waals surface area (Å²) in [6, 6.07) is 11.0. The van der Waals surface area contributed by atoms with E-state index in [-0.39, 0.29) is 29.8 Å². The molecule has 1 aliphatic rings. The highest BCUT2D eigenvalue weighted by atomic mass is 35.5. The van der Waals surface area contributed by atoms with E-state index in [0.29, 0.717) is 27.5 Å². The highest BCUT2D eigenvalue weighted by molar-refractivity contribution is 6.42. The van der Waals surface area contributed by atoms with Gasteiger partial charge in [0.05, 0.1) is 27.3 Å². The molecule has 178 valence electrons. The van der Waals surface area contributed by atoms with Gasteiger partial charge in [0.1, 0.15) is 6.54 Å². The van der Waals surface area contributed by atoms with E-state index in [1.807, 2.05) is 29.2 Å². The van der Waals surface area contributed by atoms with Crippen molar-refractivity contribution >= 4 is 45.9 Å². The molecule has 0 aliphatic carbocycles. The molecule has 0 atom stereocenters. The van der Waals surface area contributed by atoms with Gasteiger partial charge in [0.15, 0.2) is 0 Å². The van der Waals surface area contributed by atoms with Crippen molar-refractivity contribution in [3.8, 4) is 0 Å². The SMILES string of the molecule is CC(=O)N1CCC(c2ccc3ncn(CC(=O)N(C)Cc4ccc(Cl)c(Cl)c4)c(=O)c3c2)CC1. The summed E-state index contributed by atoms with van der Waals surface area (Å²) in [5.74, 6) is 0.159. The van der Waals surface area contributed by atoms with E-state index in [9.17, 15) is 14.4 Å². The van der Waals surface area contributed by atoms with Crippen LogP contribution in [0.25, 0.3) is 10.9 Å². The predicted octanol–water partition coefficient (Wildman–Crippen LogP) is 4.09. The fourth-order valence-electron chi connectivity index (χ4n) is 4.34. The number of carbonyl (C=O) groups is 2. The van der Waals surface area contributed by atoms with Gasteiger partial charge in [-0.2, -0.15) is 0 Å². The summed E-state index contributed by atoms with van der Waals surface area (Å²) in [5.41, 5.74) is 2.26. The van der Waals surface area contributed by atoms with Crippen LogP contribution in [0.4, 0.5) is 0 Å². The molecule has 7 nitrogen and oxygen atoms in total. The fourth-order valence-corrected chi connectivity index (χ4v) is 4.66. The van der Waals surface area contributed by atoms with Gasteiger partial charge in [-0.25, -0.2) is 4.98 Å². The van der Waals surface area contributed by atoms with Gasteiger partial charge in [-0.3, -0.25) is 19.0 Å². The molecule has 0 N–H and O–H groups in total. The van der Waals surface area contributed by atoms with Crippen LogP contribution >= 0.6 is 23.2 Å². The normalized spacial score (nSPS) is 14.4. The number of amides is 2. The number of likely N-dealkylation sites (tertiary alicyclic amines) is 1. The Hall–Kier alpha value is -2.90. The number of piperidine rings is 1. The van der Waals surface area contributed by atoms with Gasteiger partial charge in [-0.1, -0.05) is 35.3 Å². The zero-order valence-electron chi connectivity index (χ0n) is 19.1. The highest BCUT2D eigenvalue weighted by Crippen LogP contribution is 2.29. The average Bonchev–Trinajstić information content (AvgIpc) is 2.83. The Balaban J connectivity index is 1.50. The zero-order chi connectivity index (χ0) is 24.4. The van der Waals surface area contributed by atoms with Crippen LogP contribution in [0, 0.1) is 0 Å². The monoisotopic (exact) mass is 500 g/mol. The molecule has 34 heavy (non-hydrogen) atoms. The maximum absolute atomic E-state index is 13.2. The smallest absolute Gasteiger partial charge is 0.261 e. The molecule has 0 unspecified atom stereocenters. The summed E-state index contributed by atoms with van der Waals surface area (Å²) in [6.07, 6.45) is 3.13. The van der Waals surface area contributed by atoms with Gasteiger partial charge >= 0.3 is 0 Å². The number of rotatable bonds is 5. The second kappa shape index (κ2) is 10.2. The lowest BCUT2D eigenvalue weighted by Crippen LogP contribution is -2.36. The van der Waals surface area contributed by atoms with E-state index in [4.69, 9.17) is 23.2 Å². The molecular formula is C25H26Cl2N4O3. The summed E-state index contributed by atoms with van der Waals surface area (Å²) in [6.45, 7) is 3.26. The molecule has 0 saturated carbocycles. The topological polar surface area (TPSA) is 75.5 Å². The minimum atomic E-state index is -0.246. The van der Waals surface area contributed by atoms with E-state index in [2.05, 4.69) is 4.98 Å². The van der Waals surface area contributed by atoms with Crippen molar-refractivity contribution in [1.82, 2.24) is 19.4 Å². The number of aromatic nitrogens is 2. The number of benzene rings is 2. The molecular weight excluding hydrogens is 475 g/mol. The molecule has 0 bridgehead atoms. The molecule has 9 heteroatoms. The van der Waals surface area contributed by atoms with Gasteiger partial charge in [0.25, 0.3) is 5.56 Å². The van der Waals surface area contributed by atoms with Gasteiger partial charge in [0, 0.05) is 33.6 Å². The van der Waals surface area contributed by atoms with Gasteiger partial charge in [0.2, 0.25) is 11.8 Å². The van der Waals surface area contributed by atoms with Crippen LogP contribution < -0.4 is 5.56 Å². The van der Waals surface area contributed by atoms with Gasteiger partial charge < -0.3 is 9.80 Å². The summed E-state index contributed by atoms with van der Waals surface area (Å²) in [5, 5.41) is 1.38. The molecule has 1 fully saturated rings. The van der Waals surface area contributed by atoms with Crippen LogP contribution in [0.1, 0.15) is 36.8 Å². The van der Waals surface area contributed by atoms with Crippen LogP contribution in [0.15, 0.2) is 47.5 Å². The molecule has 4 rings (SSSR count). The van der Waals surface area contributed by atoms with E-state index in [1.54, 1.807) is 26.1 Å². The third kappa shape index (κ3) is 5.26. The van der Waals surface area contributed by atoms with Crippen molar-refractivity contribution in [2.45, 2.75) is 38.8 Å². The van der Waals surface area contributed by atoms with Gasteiger partial charge in [-0.05, 0) is 54.2 Å². The first-order chi connectivity index (χ1) is 16.2. The molecule has 1 aliphatic heterocycles. The Kier molecular flexibility index (Phi) is 7.24. The van der Waals surface area contributed by atoms with Crippen molar-refractivity contribution < 1.29 is 9.59 Å². The van der Waals surface area contributed by atoms with Crippen molar-refractivity contribution in [3.63, 3.8) is 0 Å². The summed E-state index contributed by atoms with van der Waals surface area (Å²) in [4.78, 5) is 45.4. The number of halogens is 2. The Morgan fingerprint density at radius 2 is 1.82 bits per heavy atom. The number of likely N-dealkylation sites (N-methyl/N-ethyl adjacent to an activating group) is 1. The number of carbonyl (C=O) groups excluding carboxylic acids is 2. The lowest BCUT2D eigenvalue weighted by molar-refractivity contribution is -0.131. The summed E-state index contributed by atoms with van der Waals surface area (Å²) >= 11 is 12.0. The molecule has 0 spiro atoms. The molecule has 1 aromatic heterocycles. The molecule has 3 aromatic rings. The Morgan fingerprint density at radius 3 is 2.50 bits per heavy atom. The standard InChI is InChI=1S/C25H26Cl2N4O3/c1-16(32)30-9-7-18(8-10-30)19-4-6-23-20(12-19)25(34)31(15-28-23)14-24(33)29(2)13-17-3-5-21(26)22(27)11-17/h3-6,11-12,15,18H,7-10,13-14H2,1-2H3. The van der Waals surface area contributed by atoms with Crippen molar-refractivity contribution in [2.24, 2.45) is 0 Å². The number of nitrogens with zero attached hydrogens (tertiary/aromatic N) is 4. The third-order valence-electron chi connectivity index (χ3n) is 6.39. The van der Waals surface area contributed by atoms with Gasteiger partial charge in [-0.15, -0.1) is 0 Å². The van der Waals surface area contributed by atoms with E-state index < -0.39 is 0 Å². The van der Waals surface area contributed by atoms with Crippen LogP contribution in [0.2, 0.25) is 10.0 Å². The molecule has 2 aromatic carbocycles.